The lowest BCUT2D eigenvalue weighted by Crippen LogP contribution is -2.28. The second kappa shape index (κ2) is 15.0. The van der Waals surface area contributed by atoms with Crippen molar-refractivity contribution in [1.29, 1.82) is 0 Å². The molecule has 0 fully saturated rings. The molecule has 2 aromatic heterocycles. The molecule has 0 atom stereocenters. The van der Waals surface area contributed by atoms with Gasteiger partial charge in [-0.05, 0) is 114 Å². The maximum atomic E-state index is 5.30. The molecule has 0 radical (unpaired) electrons. The molecule has 0 saturated heterocycles. The summed E-state index contributed by atoms with van der Waals surface area (Å²) in [5.41, 5.74) is 16.5. The number of hydrogen-bond acceptors (Lipinski definition) is 3. The summed E-state index contributed by atoms with van der Waals surface area (Å²) in [6.45, 7) is 0. The summed E-state index contributed by atoms with van der Waals surface area (Å²) in [6.07, 6.45) is 3.70. The number of benzene rings is 9. The minimum absolute atomic E-state index is 0.487. The van der Waals surface area contributed by atoms with Crippen LogP contribution in [-0.2, 0) is 5.41 Å². The number of hydrogen-bond donors (Lipinski definition) is 0. The Bertz CT molecular complexity index is 3430. The first-order valence-corrected chi connectivity index (χ1v) is 21.5. The number of rotatable bonds is 7. The molecule has 9 aromatic carbocycles. The summed E-state index contributed by atoms with van der Waals surface area (Å²) in [7, 11) is 0. The molecule has 3 heteroatoms. The molecule has 12 rings (SSSR count). The van der Waals surface area contributed by atoms with E-state index >= 15 is 0 Å². The van der Waals surface area contributed by atoms with Crippen molar-refractivity contribution < 1.29 is 0 Å². The average Bonchev–Trinajstić information content (AvgIpc) is 3.65. The monoisotopic (exact) mass is 801 g/mol. The molecule has 0 bridgehead atoms. The molecule has 294 valence electrons. The molecule has 1 aliphatic carbocycles. The first-order chi connectivity index (χ1) is 31.2. The highest BCUT2D eigenvalue weighted by Crippen LogP contribution is 2.57. The van der Waals surface area contributed by atoms with E-state index in [1.54, 1.807) is 6.20 Å². The minimum atomic E-state index is -0.487. The molecule has 3 nitrogen and oxygen atoms in total. The molecular formula is C60H39N3. The smallest absolute Gasteiger partial charge is 0.161 e. The summed E-state index contributed by atoms with van der Waals surface area (Å²) < 4.78 is 0. The Labute approximate surface area is 366 Å². The third kappa shape index (κ3) is 6.08. The van der Waals surface area contributed by atoms with Crippen LogP contribution in [-0.4, -0.2) is 15.0 Å². The predicted molar refractivity (Wildman–Crippen MR) is 259 cm³/mol. The number of nitrogens with zero attached hydrogens (tertiary/aromatic N) is 3. The zero-order valence-electron chi connectivity index (χ0n) is 34.4. The van der Waals surface area contributed by atoms with E-state index in [9.17, 15) is 0 Å². The Morgan fingerprint density at radius 3 is 1.51 bits per heavy atom. The number of fused-ring (bicyclic) bond motifs is 5. The molecule has 0 aliphatic heterocycles. The Kier molecular flexibility index (Phi) is 8.72. The van der Waals surface area contributed by atoms with Gasteiger partial charge in [0.05, 0.1) is 16.8 Å². The highest BCUT2D eigenvalue weighted by Gasteiger charge is 2.46. The predicted octanol–water partition coefficient (Wildman–Crippen LogP) is 14.9. The fraction of sp³-hybridized carbons (Fsp3) is 0.0167. The summed E-state index contributed by atoms with van der Waals surface area (Å²) in [4.78, 5) is 14.9. The first-order valence-electron chi connectivity index (χ1n) is 21.5. The van der Waals surface area contributed by atoms with Crippen LogP contribution in [0.3, 0.4) is 0 Å². The molecule has 2 heterocycles. The van der Waals surface area contributed by atoms with E-state index in [4.69, 9.17) is 9.97 Å². The average molecular weight is 802 g/mol. The third-order valence-corrected chi connectivity index (χ3v) is 12.9. The van der Waals surface area contributed by atoms with Gasteiger partial charge in [-0.25, -0.2) is 9.97 Å². The summed E-state index contributed by atoms with van der Waals surface area (Å²) in [5.74, 6) is 0.690. The van der Waals surface area contributed by atoms with Crippen LogP contribution in [0.2, 0.25) is 0 Å². The molecule has 0 saturated carbocycles. The lowest BCUT2D eigenvalue weighted by Gasteiger charge is -2.34. The van der Waals surface area contributed by atoms with Gasteiger partial charge in [-0.15, -0.1) is 0 Å². The van der Waals surface area contributed by atoms with Crippen LogP contribution in [0.5, 0.6) is 0 Å². The van der Waals surface area contributed by atoms with Gasteiger partial charge >= 0.3 is 0 Å². The van der Waals surface area contributed by atoms with E-state index in [2.05, 4.69) is 217 Å². The third-order valence-electron chi connectivity index (χ3n) is 12.9. The van der Waals surface area contributed by atoms with E-state index in [1.165, 1.54) is 55.3 Å². The fourth-order valence-corrected chi connectivity index (χ4v) is 9.93. The van der Waals surface area contributed by atoms with Crippen molar-refractivity contribution in [3.05, 3.63) is 259 Å². The largest absolute Gasteiger partial charge is 0.264 e. The van der Waals surface area contributed by atoms with Crippen LogP contribution in [0.4, 0.5) is 0 Å². The van der Waals surface area contributed by atoms with Crippen molar-refractivity contribution in [1.82, 2.24) is 15.0 Å². The fourth-order valence-electron chi connectivity index (χ4n) is 9.93. The van der Waals surface area contributed by atoms with E-state index in [0.717, 1.165) is 50.0 Å². The lowest BCUT2D eigenvalue weighted by atomic mass is 9.67. The van der Waals surface area contributed by atoms with Crippen molar-refractivity contribution in [2.24, 2.45) is 0 Å². The lowest BCUT2D eigenvalue weighted by molar-refractivity contribution is 0.769. The van der Waals surface area contributed by atoms with Crippen LogP contribution in [0.1, 0.15) is 22.3 Å². The van der Waals surface area contributed by atoms with Crippen LogP contribution in [0, 0.1) is 0 Å². The van der Waals surface area contributed by atoms with Crippen LogP contribution < -0.4 is 0 Å². The Morgan fingerprint density at radius 2 is 0.841 bits per heavy atom. The Morgan fingerprint density at radius 1 is 0.317 bits per heavy atom. The van der Waals surface area contributed by atoms with Gasteiger partial charge in [0.25, 0.3) is 0 Å². The summed E-state index contributed by atoms with van der Waals surface area (Å²) >= 11 is 0. The van der Waals surface area contributed by atoms with E-state index in [-0.39, 0.29) is 0 Å². The standard InChI is InChI=1S/C60H39N3/c1-4-15-41(16-5-1)57-38-58(42-28-26-40(27-29-42)46-19-14-34-61-39-46)63-59(62-57)52-32-31-49(50-24-12-13-25-51(50)52)45-30-33-55-53(36-45)54-35-43-17-10-11-18-44(43)37-56(54)60(55,47-20-6-2-7-21-47)48-22-8-3-9-23-48/h1-39H. The van der Waals surface area contributed by atoms with Gasteiger partial charge in [0, 0.05) is 29.1 Å². The van der Waals surface area contributed by atoms with Gasteiger partial charge < -0.3 is 0 Å². The first kappa shape index (κ1) is 36.6. The van der Waals surface area contributed by atoms with Crippen molar-refractivity contribution in [2.45, 2.75) is 5.41 Å². The van der Waals surface area contributed by atoms with Crippen molar-refractivity contribution >= 4 is 21.5 Å². The van der Waals surface area contributed by atoms with Crippen LogP contribution >= 0.6 is 0 Å². The molecule has 0 N–H and O–H groups in total. The van der Waals surface area contributed by atoms with E-state index < -0.39 is 5.41 Å². The van der Waals surface area contributed by atoms with Crippen molar-refractivity contribution in [2.75, 3.05) is 0 Å². The molecule has 0 amide bonds. The highest BCUT2D eigenvalue weighted by molar-refractivity contribution is 6.05. The van der Waals surface area contributed by atoms with Crippen molar-refractivity contribution in [3.63, 3.8) is 0 Å². The number of aromatic nitrogens is 3. The van der Waals surface area contributed by atoms with Crippen molar-refractivity contribution in [3.8, 4) is 67.3 Å². The zero-order valence-corrected chi connectivity index (χ0v) is 34.4. The van der Waals surface area contributed by atoms with Crippen LogP contribution in [0.25, 0.3) is 88.8 Å². The second-order valence-electron chi connectivity index (χ2n) is 16.3. The second-order valence-corrected chi connectivity index (χ2v) is 16.3. The number of pyridine rings is 1. The zero-order chi connectivity index (χ0) is 41.7. The van der Waals surface area contributed by atoms with Gasteiger partial charge in [0.2, 0.25) is 0 Å². The van der Waals surface area contributed by atoms with E-state index in [0.29, 0.717) is 5.82 Å². The van der Waals surface area contributed by atoms with Gasteiger partial charge in [-0.3, -0.25) is 4.98 Å². The normalized spacial score (nSPS) is 12.6. The quantitative estimate of drug-likeness (QED) is 0.161. The summed E-state index contributed by atoms with van der Waals surface area (Å²) in [6, 6.07) is 81.1. The van der Waals surface area contributed by atoms with Gasteiger partial charge in [-0.2, -0.15) is 0 Å². The molecule has 63 heavy (non-hydrogen) atoms. The maximum Gasteiger partial charge on any atom is 0.161 e. The van der Waals surface area contributed by atoms with E-state index in [1.807, 2.05) is 18.3 Å². The Hall–Kier alpha value is -8.27. The topological polar surface area (TPSA) is 38.7 Å². The molecule has 0 unspecified atom stereocenters. The maximum absolute atomic E-state index is 5.30. The molecule has 0 spiro atoms. The van der Waals surface area contributed by atoms with Gasteiger partial charge in [0.1, 0.15) is 0 Å². The SMILES string of the molecule is c1ccc(-c2cc(-c3ccc(-c4cccnc4)cc3)nc(-c3ccc(-c4ccc5c(c4)-c4cc6ccccc6cc4C5(c4ccccc4)c4ccccc4)c4ccccc34)n2)cc1. The molecule has 11 aromatic rings. The molecule has 1 aliphatic rings. The van der Waals surface area contributed by atoms with Gasteiger partial charge in [-0.1, -0.05) is 188 Å². The minimum Gasteiger partial charge on any atom is -0.264 e. The molecular weight excluding hydrogens is 763 g/mol. The Balaban J connectivity index is 1.03. The van der Waals surface area contributed by atoms with Crippen LogP contribution in [0.15, 0.2) is 237 Å². The summed E-state index contributed by atoms with van der Waals surface area (Å²) in [5, 5.41) is 4.74. The van der Waals surface area contributed by atoms with Gasteiger partial charge in [0.15, 0.2) is 5.82 Å². The highest BCUT2D eigenvalue weighted by atomic mass is 14.9.